The number of carbonyl (C=O) groups excluding carboxylic acids is 2. The van der Waals surface area contributed by atoms with Crippen molar-refractivity contribution >= 4 is 39.1 Å². The molecule has 2 saturated heterocycles. The average Bonchev–Trinajstić information content (AvgIpc) is 3.23. The average molecular weight is 553 g/mol. The number of likely N-dealkylation sites (N-methyl/N-ethyl adjacent to an activating group) is 1. The fourth-order valence-electron chi connectivity index (χ4n) is 5.23. The summed E-state index contributed by atoms with van der Waals surface area (Å²) in [6.45, 7) is 4.79. The third kappa shape index (κ3) is 5.97. The largest absolute Gasteiger partial charge is 0.380 e. The molecule has 3 aliphatic heterocycles. The summed E-state index contributed by atoms with van der Waals surface area (Å²) >= 11 is 0. The third-order valence-corrected chi connectivity index (χ3v) is 9.19. The van der Waals surface area contributed by atoms with Crippen molar-refractivity contribution in [3.8, 4) is 6.07 Å². The van der Waals surface area contributed by atoms with Crippen LogP contribution in [0.3, 0.4) is 0 Å². The van der Waals surface area contributed by atoms with Crippen LogP contribution in [0.15, 0.2) is 18.3 Å². The first-order chi connectivity index (χ1) is 18.6. The predicted octanol–water partition coefficient (Wildman–Crippen LogP) is 1.51. The maximum absolute atomic E-state index is 13.3. The Hall–Kier alpha value is -3.76. The second kappa shape index (κ2) is 10.8. The van der Waals surface area contributed by atoms with Gasteiger partial charge in [-0.2, -0.15) is 5.26 Å². The van der Waals surface area contributed by atoms with Gasteiger partial charge in [0.15, 0.2) is 9.84 Å². The number of fused-ring (bicyclic) bond motifs is 1. The van der Waals surface area contributed by atoms with E-state index in [0.717, 1.165) is 36.2 Å². The number of hydrogen-bond donors (Lipinski definition) is 2. The van der Waals surface area contributed by atoms with Gasteiger partial charge >= 0.3 is 6.03 Å². The number of carbonyl (C=O) groups is 2. The van der Waals surface area contributed by atoms with Crippen molar-refractivity contribution in [3.63, 3.8) is 0 Å². The van der Waals surface area contributed by atoms with Crippen LogP contribution in [0, 0.1) is 18.3 Å². The minimum atomic E-state index is -3.09. The summed E-state index contributed by atoms with van der Waals surface area (Å²) in [6.07, 6.45) is 3.36. The second-order valence-corrected chi connectivity index (χ2v) is 12.7. The lowest BCUT2D eigenvalue weighted by Crippen LogP contribution is -2.48. The molecule has 0 aromatic carbocycles. The number of anilines is 3. The number of urea groups is 1. The summed E-state index contributed by atoms with van der Waals surface area (Å²) in [5.74, 6) is 1.04. The van der Waals surface area contributed by atoms with E-state index in [1.807, 2.05) is 23.8 Å². The zero-order valence-electron chi connectivity index (χ0n) is 22.1. The Labute approximate surface area is 227 Å². The van der Waals surface area contributed by atoms with Crippen LogP contribution in [0.2, 0.25) is 0 Å². The van der Waals surface area contributed by atoms with Gasteiger partial charge < -0.3 is 10.2 Å². The van der Waals surface area contributed by atoms with Crippen LogP contribution in [0.25, 0.3) is 0 Å². The summed E-state index contributed by atoms with van der Waals surface area (Å²) in [5, 5.41) is 15.4. The van der Waals surface area contributed by atoms with E-state index in [1.165, 1.54) is 6.20 Å². The molecule has 13 heteroatoms. The molecule has 0 aliphatic carbocycles. The molecule has 2 N–H and O–H groups in total. The molecule has 5 heterocycles. The first kappa shape index (κ1) is 26.8. The molecule has 1 unspecified atom stereocenters. The Morgan fingerprint density at radius 1 is 1.26 bits per heavy atom. The van der Waals surface area contributed by atoms with Crippen molar-refractivity contribution in [1.29, 1.82) is 5.26 Å². The summed E-state index contributed by atoms with van der Waals surface area (Å²) in [5.41, 5.74) is 3.41. The van der Waals surface area contributed by atoms with E-state index in [9.17, 15) is 23.3 Å². The lowest BCUT2D eigenvalue weighted by molar-refractivity contribution is -0.136. The maximum atomic E-state index is 13.3. The Morgan fingerprint density at radius 2 is 2.08 bits per heavy atom. The van der Waals surface area contributed by atoms with Gasteiger partial charge in [-0.15, -0.1) is 0 Å². The molecule has 12 nitrogen and oxygen atoms in total. The molecule has 39 heavy (non-hydrogen) atoms. The fraction of sp³-hybridized carbons (Fsp3) is 0.500. The topological polar surface area (TPSA) is 152 Å². The van der Waals surface area contributed by atoms with E-state index in [4.69, 9.17) is 4.98 Å². The first-order valence-corrected chi connectivity index (χ1v) is 14.9. The standard InChI is InChI=1S/C26H32N8O4S/c1-17-19(14-33-8-7-32(2)15-24(33)35)10-18-4-3-6-34(25(18)29-17)26(36)31-23-11-22(20(12-27)13-28-23)30-21-5-9-39(37,38)16-21/h10-11,13,21H,3-9,14-16H2,1-2H3,(H2,28,30,31,36). The third-order valence-electron chi connectivity index (χ3n) is 7.42. The molecular weight excluding hydrogens is 520 g/mol. The van der Waals surface area contributed by atoms with Gasteiger partial charge in [0.2, 0.25) is 5.91 Å². The van der Waals surface area contributed by atoms with E-state index < -0.39 is 15.9 Å². The first-order valence-electron chi connectivity index (χ1n) is 13.0. The molecule has 2 fully saturated rings. The number of nitriles is 1. The summed E-state index contributed by atoms with van der Waals surface area (Å²) < 4.78 is 23.7. The lowest BCUT2D eigenvalue weighted by atomic mass is 10.0. The molecule has 1 atom stereocenters. The van der Waals surface area contributed by atoms with Crippen LogP contribution < -0.4 is 15.5 Å². The number of aromatic nitrogens is 2. The Kier molecular flexibility index (Phi) is 7.42. The maximum Gasteiger partial charge on any atom is 0.328 e. The lowest BCUT2D eigenvalue weighted by Gasteiger charge is -2.33. The van der Waals surface area contributed by atoms with Crippen molar-refractivity contribution in [2.75, 3.05) is 60.3 Å². The van der Waals surface area contributed by atoms with Gasteiger partial charge in [0.25, 0.3) is 0 Å². The summed E-state index contributed by atoms with van der Waals surface area (Å²) in [4.78, 5) is 40.2. The number of aryl methyl sites for hydroxylation is 2. The molecule has 3 amide bonds. The fourth-order valence-corrected chi connectivity index (χ4v) is 6.90. The number of nitrogens with zero attached hydrogens (tertiary/aromatic N) is 6. The molecule has 0 radical (unpaired) electrons. The van der Waals surface area contributed by atoms with Crippen LogP contribution in [0.4, 0.5) is 22.1 Å². The smallest absolute Gasteiger partial charge is 0.328 e. The molecular formula is C26H32N8O4S. The number of pyridine rings is 2. The zero-order valence-corrected chi connectivity index (χ0v) is 22.9. The zero-order chi connectivity index (χ0) is 27.7. The quantitative estimate of drug-likeness (QED) is 0.562. The molecule has 0 spiro atoms. The van der Waals surface area contributed by atoms with Crippen LogP contribution in [-0.2, 0) is 27.6 Å². The van der Waals surface area contributed by atoms with E-state index in [0.29, 0.717) is 44.1 Å². The number of hydrogen-bond acceptors (Lipinski definition) is 9. The van der Waals surface area contributed by atoms with Crippen molar-refractivity contribution < 1.29 is 18.0 Å². The van der Waals surface area contributed by atoms with Crippen molar-refractivity contribution in [2.45, 2.75) is 38.8 Å². The molecule has 206 valence electrons. The molecule has 3 aliphatic rings. The van der Waals surface area contributed by atoms with Crippen LogP contribution >= 0.6 is 0 Å². The van der Waals surface area contributed by atoms with Gasteiger partial charge in [-0.05, 0) is 50.4 Å². The van der Waals surface area contributed by atoms with Crippen molar-refractivity contribution in [3.05, 3.63) is 40.7 Å². The SMILES string of the molecule is Cc1nc2c(cc1CN1CCN(C)CC1=O)CCCN2C(=O)Nc1cc(NC2CCS(=O)(=O)C2)c(C#N)cn1. The number of sulfone groups is 1. The second-order valence-electron chi connectivity index (χ2n) is 10.4. The van der Waals surface area contributed by atoms with E-state index in [1.54, 1.807) is 11.0 Å². The highest BCUT2D eigenvalue weighted by molar-refractivity contribution is 7.91. The minimum Gasteiger partial charge on any atom is -0.380 e. The predicted molar refractivity (Wildman–Crippen MR) is 146 cm³/mol. The highest BCUT2D eigenvalue weighted by Gasteiger charge is 2.30. The van der Waals surface area contributed by atoms with E-state index in [2.05, 4.69) is 27.8 Å². The number of piperazine rings is 1. The Morgan fingerprint density at radius 3 is 2.79 bits per heavy atom. The highest BCUT2D eigenvalue weighted by atomic mass is 32.2. The molecule has 0 bridgehead atoms. The molecule has 0 saturated carbocycles. The monoisotopic (exact) mass is 552 g/mol. The Balaban J connectivity index is 1.31. The summed E-state index contributed by atoms with van der Waals surface area (Å²) in [6, 6.07) is 4.98. The van der Waals surface area contributed by atoms with Crippen molar-refractivity contribution in [2.24, 2.45) is 0 Å². The van der Waals surface area contributed by atoms with Crippen molar-refractivity contribution in [1.82, 2.24) is 19.8 Å². The van der Waals surface area contributed by atoms with E-state index >= 15 is 0 Å². The van der Waals surface area contributed by atoms with Gasteiger partial charge in [0.05, 0.1) is 29.3 Å². The molecule has 5 rings (SSSR count). The molecule has 2 aromatic rings. The molecule has 2 aromatic heterocycles. The highest BCUT2D eigenvalue weighted by Crippen LogP contribution is 2.29. The number of amides is 3. The minimum absolute atomic E-state index is 0.00240. The normalized spacial score (nSPS) is 20.8. The number of nitrogens with one attached hydrogen (secondary N) is 2. The number of rotatable bonds is 5. The summed E-state index contributed by atoms with van der Waals surface area (Å²) in [7, 11) is -1.15. The van der Waals surface area contributed by atoms with Gasteiger partial charge in [-0.1, -0.05) is 0 Å². The van der Waals surface area contributed by atoms with Gasteiger partial charge in [0.1, 0.15) is 17.7 Å². The van der Waals surface area contributed by atoms with Crippen LogP contribution in [0.5, 0.6) is 0 Å². The van der Waals surface area contributed by atoms with Crippen LogP contribution in [-0.4, -0.2) is 90.9 Å². The van der Waals surface area contributed by atoms with Crippen LogP contribution in [0.1, 0.15) is 35.2 Å². The Bertz CT molecular complexity index is 1450. The van der Waals surface area contributed by atoms with Gasteiger partial charge in [-0.25, -0.2) is 23.2 Å². The van der Waals surface area contributed by atoms with Gasteiger partial charge in [-0.3, -0.25) is 19.9 Å². The van der Waals surface area contributed by atoms with E-state index in [-0.39, 0.29) is 34.8 Å². The van der Waals surface area contributed by atoms with Gasteiger partial charge in [0, 0.05) is 50.2 Å².